The minimum atomic E-state index is -0.0334. The van der Waals surface area contributed by atoms with Crippen molar-refractivity contribution in [2.24, 2.45) is 5.92 Å². The Balaban J connectivity index is 1.86. The van der Waals surface area contributed by atoms with Crippen LogP contribution in [0.2, 0.25) is 5.02 Å². The minimum absolute atomic E-state index is 0.0334. The highest BCUT2D eigenvalue weighted by Crippen LogP contribution is 2.22. The van der Waals surface area contributed by atoms with Gasteiger partial charge in [-0.05, 0) is 57.4 Å². The maximum atomic E-state index is 12.2. The molecule has 21 heavy (non-hydrogen) atoms. The molecule has 1 fully saturated rings. The van der Waals surface area contributed by atoms with Gasteiger partial charge in [0.1, 0.15) is 0 Å². The summed E-state index contributed by atoms with van der Waals surface area (Å²) in [5, 5.41) is 0.669. The Labute approximate surface area is 129 Å². The molecule has 1 unspecified atom stereocenters. The Kier molecular flexibility index (Phi) is 4.09. The van der Waals surface area contributed by atoms with E-state index in [1.165, 1.54) is 19.4 Å². The van der Waals surface area contributed by atoms with Crippen LogP contribution >= 0.6 is 11.6 Å². The number of nitrogens with zero attached hydrogens (tertiary/aromatic N) is 2. The minimum Gasteiger partial charge on any atom is -0.306 e. The average Bonchev–Trinajstić information content (AvgIpc) is 2.75. The van der Waals surface area contributed by atoms with Crippen LogP contribution in [-0.2, 0) is 6.54 Å². The number of hydrogen-bond acceptors (Lipinski definition) is 2. The van der Waals surface area contributed by atoms with Gasteiger partial charge in [-0.2, -0.15) is 0 Å². The Morgan fingerprint density at radius 1 is 1.43 bits per heavy atom. The number of halogens is 1. The summed E-state index contributed by atoms with van der Waals surface area (Å²) < 4.78 is 1.84. The van der Waals surface area contributed by atoms with E-state index < -0.39 is 0 Å². The monoisotopic (exact) mass is 307 g/mol. The molecule has 1 aromatic carbocycles. The highest BCUT2D eigenvalue weighted by molar-refractivity contribution is 6.31. The lowest BCUT2D eigenvalue weighted by atomic mass is 9.97. The van der Waals surface area contributed by atoms with E-state index in [1.54, 1.807) is 0 Å². The van der Waals surface area contributed by atoms with E-state index in [4.69, 9.17) is 11.6 Å². The van der Waals surface area contributed by atoms with Gasteiger partial charge in [0.2, 0.25) is 0 Å². The van der Waals surface area contributed by atoms with Crippen molar-refractivity contribution in [1.82, 2.24) is 14.5 Å². The van der Waals surface area contributed by atoms with Gasteiger partial charge in [-0.1, -0.05) is 11.6 Å². The molecule has 0 spiro atoms. The first-order valence-corrected chi connectivity index (χ1v) is 8.04. The van der Waals surface area contributed by atoms with Crippen LogP contribution < -0.4 is 5.69 Å². The number of benzene rings is 1. The summed E-state index contributed by atoms with van der Waals surface area (Å²) in [6.07, 6.45) is 2.39. The van der Waals surface area contributed by atoms with Crippen molar-refractivity contribution < 1.29 is 0 Å². The van der Waals surface area contributed by atoms with Crippen LogP contribution in [0.1, 0.15) is 26.7 Å². The molecule has 0 saturated carbocycles. The number of nitrogens with one attached hydrogen (secondary N) is 1. The molecule has 0 amide bonds. The van der Waals surface area contributed by atoms with Gasteiger partial charge < -0.3 is 9.88 Å². The molecular formula is C16H22ClN3O. The molecule has 1 atom stereocenters. The maximum Gasteiger partial charge on any atom is 0.326 e. The van der Waals surface area contributed by atoms with E-state index in [1.807, 2.05) is 22.8 Å². The van der Waals surface area contributed by atoms with Crippen LogP contribution in [0.4, 0.5) is 0 Å². The number of H-pyrrole nitrogens is 1. The standard InChI is InChI=1S/C16H22ClN3O/c1-11(2)19-7-3-4-12(9-19)10-20-15-8-13(17)5-6-14(15)18-16(20)21/h5-6,8,11-12H,3-4,7,9-10H2,1-2H3,(H,18,21). The third kappa shape index (κ3) is 3.01. The molecular weight excluding hydrogens is 286 g/mol. The zero-order valence-electron chi connectivity index (χ0n) is 12.6. The molecule has 1 aliphatic rings. The van der Waals surface area contributed by atoms with E-state index in [9.17, 15) is 4.79 Å². The molecule has 5 heteroatoms. The fourth-order valence-electron chi connectivity index (χ4n) is 3.28. The number of aromatic nitrogens is 2. The Hall–Kier alpha value is -1.26. The SMILES string of the molecule is CC(C)N1CCCC(Cn2c(=O)[nH]c3ccc(Cl)cc32)C1. The number of rotatable bonds is 3. The lowest BCUT2D eigenvalue weighted by Gasteiger charge is -2.35. The highest BCUT2D eigenvalue weighted by Gasteiger charge is 2.23. The zero-order chi connectivity index (χ0) is 15.0. The molecule has 1 aliphatic heterocycles. The van der Waals surface area contributed by atoms with Crippen molar-refractivity contribution >= 4 is 22.6 Å². The lowest BCUT2D eigenvalue weighted by molar-refractivity contribution is 0.131. The molecule has 1 N–H and O–H groups in total. The summed E-state index contributed by atoms with van der Waals surface area (Å²) in [6.45, 7) is 7.47. The van der Waals surface area contributed by atoms with Gasteiger partial charge in [-0.25, -0.2) is 4.79 Å². The van der Waals surface area contributed by atoms with Crippen LogP contribution in [0.5, 0.6) is 0 Å². The number of piperidine rings is 1. The average molecular weight is 308 g/mol. The number of imidazole rings is 1. The fraction of sp³-hybridized carbons (Fsp3) is 0.562. The van der Waals surface area contributed by atoms with Crippen LogP contribution in [0, 0.1) is 5.92 Å². The summed E-state index contributed by atoms with van der Waals surface area (Å²) in [6, 6.07) is 6.13. The van der Waals surface area contributed by atoms with Crippen molar-refractivity contribution in [3.63, 3.8) is 0 Å². The summed E-state index contributed by atoms with van der Waals surface area (Å²) in [5.74, 6) is 0.525. The van der Waals surface area contributed by atoms with Crippen LogP contribution in [0.3, 0.4) is 0 Å². The number of hydrogen-bond donors (Lipinski definition) is 1. The molecule has 0 radical (unpaired) electrons. The Morgan fingerprint density at radius 2 is 2.24 bits per heavy atom. The molecule has 1 saturated heterocycles. The van der Waals surface area contributed by atoms with Crippen LogP contribution in [0.25, 0.3) is 11.0 Å². The highest BCUT2D eigenvalue weighted by atomic mass is 35.5. The smallest absolute Gasteiger partial charge is 0.306 e. The van der Waals surface area contributed by atoms with Crippen molar-refractivity contribution in [3.05, 3.63) is 33.7 Å². The molecule has 0 bridgehead atoms. The largest absolute Gasteiger partial charge is 0.326 e. The summed E-state index contributed by atoms with van der Waals surface area (Å²) in [5.41, 5.74) is 1.74. The molecule has 0 aliphatic carbocycles. The first kappa shape index (κ1) is 14.7. The first-order valence-electron chi connectivity index (χ1n) is 7.66. The predicted octanol–water partition coefficient (Wildman–Crippen LogP) is 3.10. The molecule has 114 valence electrons. The summed E-state index contributed by atoms with van der Waals surface area (Å²) in [4.78, 5) is 17.6. The quantitative estimate of drug-likeness (QED) is 0.946. The molecule has 1 aromatic heterocycles. The van der Waals surface area contributed by atoms with E-state index in [2.05, 4.69) is 23.7 Å². The van der Waals surface area contributed by atoms with E-state index in [-0.39, 0.29) is 5.69 Å². The van der Waals surface area contributed by atoms with Gasteiger partial charge in [0.25, 0.3) is 0 Å². The fourth-order valence-corrected chi connectivity index (χ4v) is 3.45. The van der Waals surface area contributed by atoms with Gasteiger partial charge in [0.05, 0.1) is 11.0 Å². The zero-order valence-corrected chi connectivity index (χ0v) is 13.4. The van der Waals surface area contributed by atoms with Crippen LogP contribution in [0.15, 0.2) is 23.0 Å². The van der Waals surface area contributed by atoms with Crippen molar-refractivity contribution in [3.8, 4) is 0 Å². The number of aromatic amines is 1. The summed E-state index contributed by atoms with van der Waals surface area (Å²) in [7, 11) is 0. The molecule has 4 nitrogen and oxygen atoms in total. The second kappa shape index (κ2) is 5.85. The van der Waals surface area contributed by atoms with Gasteiger partial charge in [0.15, 0.2) is 0 Å². The molecule has 3 rings (SSSR count). The topological polar surface area (TPSA) is 41.0 Å². The lowest BCUT2D eigenvalue weighted by Crippen LogP contribution is -2.41. The molecule has 2 aromatic rings. The van der Waals surface area contributed by atoms with Crippen molar-refractivity contribution in [2.45, 2.75) is 39.3 Å². The third-order valence-corrected chi connectivity index (χ3v) is 4.69. The first-order chi connectivity index (χ1) is 10.0. The maximum absolute atomic E-state index is 12.2. The Morgan fingerprint density at radius 3 is 3.00 bits per heavy atom. The van der Waals surface area contributed by atoms with E-state index in [0.717, 1.165) is 24.1 Å². The van der Waals surface area contributed by atoms with Crippen LogP contribution in [-0.4, -0.2) is 33.6 Å². The van der Waals surface area contributed by atoms with Gasteiger partial charge in [0, 0.05) is 24.2 Å². The second-order valence-electron chi connectivity index (χ2n) is 6.30. The van der Waals surface area contributed by atoms with Crippen molar-refractivity contribution in [2.75, 3.05) is 13.1 Å². The number of fused-ring (bicyclic) bond motifs is 1. The third-order valence-electron chi connectivity index (χ3n) is 4.46. The number of likely N-dealkylation sites (tertiary alicyclic amines) is 1. The Bertz CT molecular complexity index is 688. The predicted molar refractivity (Wildman–Crippen MR) is 87.0 cm³/mol. The van der Waals surface area contributed by atoms with Crippen molar-refractivity contribution in [1.29, 1.82) is 0 Å². The van der Waals surface area contributed by atoms with Gasteiger partial charge in [-0.15, -0.1) is 0 Å². The van der Waals surface area contributed by atoms with Gasteiger partial charge >= 0.3 is 5.69 Å². The normalized spacial score (nSPS) is 20.5. The van der Waals surface area contributed by atoms with E-state index >= 15 is 0 Å². The van der Waals surface area contributed by atoms with E-state index in [0.29, 0.717) is 17.0 Å². The van der Waals surface area contributed by atoms with Gasteiger partial charge in [-0.3, -0.25) is 4.57 Å². The summed E-state index contributed by atoms with van der Waals surface area (Å²) >= 11 is 6.07. The second-order valence-corrected chi connectivity index (χ2v) is 6.74. The molecule has 2 heterocycles.